The lowest BCUT2D eigenvalue weighted by Crippen LogP contribution is -2.49. The Morgan fingerprint density at radius 1 is 1.44 bits per heavy atom. The van der Waals surface area contributed by atoms with E-state index in [1.54, 1.807) is 6.20 Å². The molecule has 1 fully saturated rings. The highest BCUT2D eigenvalue weighted by Gasteiger charge is 2.27. The highest BCUT2D eigenvalue weighted by molar-refractivity contribution is 5.78. The number of hydrazine groups is 1. The van der Waals surface area contributed by atoms with Crippen molar-refractivity contribution in [2.75, 3.05) is 26.7 Å². The molecule has 18 heavy (non-hydrogen) atoms. The highest BCUT2D eigenvalue weighted by Crippen LogP contribution is 2.28. The van der Waals surface area contributed by atoms with Gasteiger partial charge in [-0.15, -0.1) is 0 Å². The number of nitrogens with zero attached hydrogens (tertiary/aromatic N) is 4. The van der Waals surface area contributed by atoms with E-state index in [-0.39, 0.29) is 6.04 Å². The first-order valence-corrected chi connectivity index (χ1v) is 6.07. The third kappa shape index (κ3) is 1.88. The zero-order valence-electron chi connectivity index (χ0n) is 10.6. The largest absolute Gasteiger partial charge is 0.457 e. The van der Waals surface area contributed by atoms with Crippen molar-refractivity contribution in [3.05, 3.63) is 23.7 Å². The lowest BCUT2D eigenvalue weighted by atomic mass is 10.1. The zero-order valence-corrected chi connectivity index (χ0v) is 10.6. The molecule has 6 heteroatoms. The molecule has 1 aliphatic rings. The average molecular weight is 247 g/mol. The molecule has 0 aliphatic carbocycles. The van der Waals surface area contributed by atoms with Gasteiger partial charge in [-0.2, -0.15) is 10.2 Å². The third-order valence-corrected chi connectivity index (χ3v) is 3.47. The van der Waals surface area contributed by atoms with Gasteiger partial charge in [-0.25, -0.2) is 5.01 Å². The number of piperazine rings is 1. The van der Waals surface area contributed by atoms with Crippen LogP contribution in [0.2, 0.25) is 0 Å². The van der Waals surface area contributed by atoms with Gasteiger partial charge >= 0.3 is 0 Å². The van der Waals surface area contributed by atoms with Crippen molar-refractivity contribution >= 4 is 11.0 Å². The second kappa shape index (κ2) is 4.31. The van der Waals surface area contributed by atoms with E-state index in [0.717, 1.165) is 42.1 Å². The fourth-order valence-corrected chi connectivity index (χ4v) is 2.38. The number of nitrogens with two attached hydrogens (primary N) is 1. The molecular weight excluding hydrogens is 230 g/mol. The lowest BCUT2D eigenvalue weighted by Gasteiger charge is -2.35. The first-order chi connectivity index (χ1) is 8.65. The average Bonchev–Trinajstić information content (AvgIpc) is 2.77. The molecule has 0 radical (unpaired) electrons. The van der Waals surface area contributed by atoms with E-state index < -0.39 is 0 Å². The predicted octanol–water partition coefficient (Wildman–Crippen LogP) is 0.693. The summed E-state index contributed by atoms with van der Waals surface area (Å²) in [5, 5.41) is 10.8. The Balaban J connectivity index is 2.00. The Hall–Kier alpha value is -1.50. The van der Waals surface area contributed by atoms with Crippen LogP contribution in [-0.2, 0) is 0 Å². The van der Waals surface area contributed by atoms with Crippen LogP contribution >= 0.6 is 0 Å². The van der Waals surface area contributed by atoms with Crippen molar-refractivity contribution in [1.82, 2.24) is 20.1 Å². The summed E-state index contributed by atoms with van der Waals surface area (Å²) < 4.78 is 5.91. The van der Waals surface area contributed by atoms with Crippen LogP contribution in [0.15, 0.2) is 16.7 Å². The summed E-state index contributed by atoms with van der Waals surface area (Å²) in [6.45, 7) is 4.59. The fourth-order valence-electron chi connectivity index (χ4n) is 2.38. The number of hydrogen-bond acceptors (Lipinski definition) is 6. The van der Waals surface area contributed by atoms with Gasteiger partial charge in [0.2, 0.25) is 0 Å². The van der Waals surface area contributed by atoms with Gasteiger partial charge in [0, 0.05) is 25.0 Å². The Bertz CT molecular complexity index is 567. The molecule has 0 saturated carbocycles. The minimum absolute atomic E-state index is 0.0931. The van der Waals surface area contributed by atoms with E-state index in [9.17, 15) is 0 Å². The summed E-state index contributed by atoms with van der Waals surface area (Å²) in [4.78, 5) is 2.25. The van der Waals surface area contributed by atoms with Gasteiger partial charge in [-0.3, -0.25) is 5.84 Å². The zero-order chi connectivity index (χ0) is 12.7. The highest BCUT2D eigenvalue weighted by atomic mass is 16.3. The van der Waals surface area contributed by atoms with E-state index >= 15 is 0 Å². The second-order valence-corrected chi connectivity index (χ2v) is 4.88. The van der Waals surface area contributed by atoms with Gasteiger partial charge in [0.15, 0.2) is 5.58 Å². The molecule has 1 saturated heterocycles. The number of rotatable bonds is 1. The Kier molecular flexibility index (Phi) is 2.77. The summed E-state index contributed by atoms with van der Waals surface area (Å²) >= 11 is 0. The third-order valence-electron chi connectivity index (χ3n) is 3.47. The van der Waals surface area contributed by atoms with Crippen LogP contribution in [0.4, 0.5) is 0 Å². The second-order valence-electron chi connectivity index (χ2n) is 4.88. The molecule has 1 unspecified atom stereocenters. The molecule has 0 spiro atoms. The number of likely N-dealkylation sites (N-methyl/N-ethyl adjacent to an activating group) is 1. The van der Waals surface area contributed by atoms with Crippen molar-refractivity contribution in [3.63, 3.8) is 0 Å². The van der Waals surface area contributed by atoms with Crippen LogP contribution < -0.4 is 5.84 Å². The van der Waals surface area contributed by atoms with E-state index in [4.69, 9.17) is 10.3 Å². The van der Waals surface area contributed by atoms with Gasteiger partial charge in [0.05, 0.1) is 12.2 Å². The standard InChI is InChI=1S/C12H17N5O/c1-8-12-9(6-14-15-8)5-11(18-12)10-7-16(2)3-4-17(10)13/h5-6,10H,3-4,7,13H2,1-2H3. The summed E-state index contributed by atoms with van der Waals surface area (Å²) in [6, 6.07) is 2.11. The minimum atomic E-state index is 0.0931. The summed E-state index contributed by atoms with van der Waals surface area (Å²) in [7, 11) is 2.09. The van der Waals surface area contributed by atoms with E-state index in [0.29, 0.717) is 0 Å². The molecule has 2 aromatic heterocycles. The van der Waals surface area contributed by atoms with Gasteiger partial charge in [0.25, 0.3) is 0 Å². The van der Waals surface area contributed by atoms with Crippen molar-refractivity contribution in [3.8, 4) is 0 Å². The molecule has 2 N–H and O–H groups in total. The summed E-state index contributed by atoms with van der Waals surface area (Å²) in [6.07, 6.45) is 1.72. The van der Waals surface area contributed by atoms with Crippen molar-refractivity contribution < 1.29 is 4.42 Å². The maximum absolute atomic E-state index is 6.05. The smallest absolute Gasteiger partial charge is 0.158 e. The summed E-state index contributed by atoms with van der Waals surface area (Å²) in [5.74, 6) is 6.93. The fraction of sp³-hybridized carbons (Fsp3) is 0.500. The molecule has 6 nitrogen and oxygen atoms in total. The first-order valence-electron chi connectivity index (χ1n) is 6.07. The number of aryl methyl sites for hydroxylation is 1. The lowest BCUT2D eigenvalue weighted by molar-refractivity contribution is 0.0782. The topological polar surface area (TPSA) is 71.4 Å². The first kappa shape index (κ1) is 11.6. The Morgan fingerprint density at radius 2 is 2.28 bits per heavy atom. The van der Waals surface area contributed by atoms with Crippen LogP contribution in [0.25, 0.3) is 11.0 Å². The maximum Gasteiger partial charge on any atom is 0.158 e. The number of aromatic nitrogens is 2. The normalized spacial score (nSPS) is 22.7. The summed E-state index contributed by atoms with van der Waals surface area (Å²) in [5.41, 5.74) is 1.62. The quantitative estimate of drug-likeness (QED) is 0.748. The van der Waals surface area contributed by atoms with Crippen molar-refractivity contribution in [1.29, 1.82) is 0 Å². The van der Waals surface area contributed by atoms with Crippen LogP contribution in [0, 0.1) is 6.92 Å². The Labute approximate surface area is 105 Å². The number of hydrogen-bond donors (Lipinski definition) is 1. The molecule has 0 amide bonds. The molecule has 3 rings (SSSR count). The Morgan fingerprint density at radius 3 is 3.06 bits per heavy atom. The van der Waals surface area contributed by atoms with Crippen LogP contribution in [-0.4, -0.2) is 46.8 Å². The van der Waals surface area contributed by atoms with E-state index in [1.165, 1.54) is 0 Å². The molecule has 0 bridgehead atoms. The predicted molar refractivity (Wildman–Crippen MR) is 67.7 cm³/mol. The molecule has 2 aromatic rings. The number of furan rings is 1. The van der Waals surface area contributed by atoms with Gasteiger partial charge in [0.1, 0.15) is 11.5 Å². The molecule has 1 aliphatic heterocycles. The van der Waals surface area contributed by atoms with Crippen molar-refractivity contribution in [2.24, 2.45) is 5.84 Å². The van der Waals surface area contributed by atoms with Gasteiger partial charge in [-0.1, -0.05) is 0 Å². The molecule has 1 atom stereocenters. The van der Waals surface area contributed by atoms with Crippen LogP contribution in [0.3, 0.4) is 0 Å². The van der Waals surface area contributed by atoms with Crippen molar-refractivity contribution in [2.45, 2.75) is 13.0 Å². The molecular formula is C12H17N5O. The molecule has 3 heterocycles. The molecule has 0 aromatic carbocycles. The minimum Gasteiger partial charge on any atom is -0.457 e. The van der Waals surface area contributed by atoms with Gasteiger partial charge in [-0.05, 0) is 20.0 Å². The molecule has 96 valence electrons. The van der Waals surface area contributed by atoms with E-state index in [1.807, 2.05) is 18.0 Å². The van der Waals surface area contributed by atoms with Crippen LogP contribution in [0.1, 0.15) is 17.5 Å². The monoisotopic (exact) mass is 247 g/mol. The van der Waals surface area contributed by atoms with E-state index in [2.05, 4.69) is 22.1 Å². The van der Waals surface area contributed by atoms with Gasteiger partial charge < -0.3 is 9.32 Å². The van der Waals surface area contributed by atoms with Crippen LogP contribution in [0.5, 0.6) is 0 Å². The maximum atomic E-state index is 6.05. The number of fused-ring (bicyclic) bond motifs is 1. The SMILES string of the molecule is Cc1nncc2cc(C3CN(C)CCN3N)oc12.